The normalized spacial score (nSPS) is 23.7. The number of alkyl halides is 1. The summed E-state index contributed by atoms with van der Waals surface area (Å²) in [7, 11) is 1.65. The predicted octanol–water partition coefficient (Wildman–Crippen LogP) is 1.23. The van der Waals surface area contributed by atoms with Gasteiger partial charge in [-0.15, -0.1) is 0 Å². The lowest BCUT2D eigenvalue weighted by Crippen LogP contribution is -2.39. The van der Waals surface area contributed by atoms with Crippen LogP contribution in [-0.4, -0.2) is 36.7 Å². The Balaban J connectivity index is 2.01. The van der Waals surface area contributed by atoms with E-state index in [1.807, 2.05) is 24.3 Å². The molecule has 2 atom stereocenters. The van der Waals surface area contributed by atoms with E-state index in [4.69, 9.17) is 10.5 Å². The van der Waals surface area contributed by atoms with Gasteiger partial charge in [0.1, 0.15) is 6.17 Å². The number of hydrogen-bond acceptors (Lipinski definition) is 3. The van der Waals surface area contributed by atoms with Gasteiger partial charge in [0.25, 0.3) is 0 Å². The van der Waals surface area contributed by atoms with Gasteiger partial charge < -0.3 is 10.5 Å². The van der Waals surface area contributed by atoms with Gasteiger partial charge in [0.05, 0.1) is 12.6 Å². The van der Waals surface area contributed by atoms with E-state index in [0.717, 1.165) is 11.1 Å². The van der Waals surface area contributed by atoms with Crippen molar-refractivity contribution in [3.8, 4) is 0 Å². The number of rotatable bonds is 5. The third kappa shape index (κ3) is 3.52. The van der Waals surface area contributed by atoms with Crippen LogP contribution in [0, 0.1) is 0 Å². The van der Waals surface area contributed by atoms with Crippen LogP contribution in [0.4, 0.5) is 4.39 Å². The number of nitrogens with zero attached hydrogens (tertiary/aromatic N) is 1. The van der Waals surface area contributed by atoms with Gasteiger partial charge in [0.2, 0.25) is 5.91 Å². The monoisotopic (exact) mass is 266 g/mol. The minimum atomic E-state index is -0.967. The Morgan fingerprint density at radius 1 is 1.42 bits per heavy atom. The van der Waals surface area contributed by atoms with Gasteiger partial charge >= 0.3 is 0 Å². The summed E-state index contributed by atoms with van der Waals surface area (Å²) < 4.78 is 18.4. The molecule has 1 aliphatic heterocycles. The first kappa shape index (κ1) is 14.0. The van der Waals surface area contributed by atoms with Crippen LogP contribution in [0.25, 0.3) is 0 Å². The summed E-state index contributed by atoms with van der Waals surface area (Å²) in [5, 5.41) is 0. The fourth-order valence-electron chi connectivity index (χ4n) is 2.46. The Bertz CT molecular complexity index is 436. The van der Waals surface area contributed by atoms with Crippen molar-refractivity contribution in [2.24, 2.45) is 5.73 Å². The topological polar surface area (TPSA) is 55.6 Å². The second kappa shape index (κ2) is 6.12. The first-order valence-electron chi connectivity index (χ1n) is 6.34. The van der Waals surface area contributed by atoms with E-state index in [2.05, 4.69) is 0 Å². The van der Waals surface area contributed by atoms with Gasteiger partial charge in [-0.05, 0) is 11.1 Å². The second-order valence-electron chi connectivity index (χ2n) is 4.93. The lowest BCUT2D eigenvalue weighted by molar-refractivity contribution is -0.122. The Morgan fingerprint density at radius 3 is 2.63 bits per heavy atom. The summed E-state index contributed by atoms with van der Waals surface area (Å²) in [4.78, 5) is 13.1. The van der Waals surface area contributed by atoms with Crippen LogP contribution in [0.5, 0.6) is 0 Å². The Morgan fingerprint density at radius 2 is 2.05 bits per heavy atom. The smallest absolute Gasteiger partial charge is 0.234 e. The highest BCUT2D eigenvalue weighted by molar-refractivity contribution is 5.80. The zero-order chi connectivity index (χ0) is 13.8. The number of methoxy groups -OCH3 is 1. The molecule has 4 nitrogen and oxygen atoms in total. The predicted molar refractivity (Wildman–Crippen MR) is 70.1 cm³/mol. The largest absolute Gasteiger partial charge is 0.380 e. The number of halogens is 1. The molecule has 5 heteroatoms. The fourth-order valence-corrected chi connectivity index (χ4v) is 2.46. The maximum absolute atomic E-state index is 13.4. The van der Waals surface area contributed by atoms with Crippen molar-refractivity contribution in [1.29, 1.82) is 0 Å². The minimum absolute atomic E-state index is 0.205. The molecule has 2 rings (SSSR count). The summed E-state index contributed by atoms with van der Waals surface area (Å²) in [5.41, 5.74) is 7.43. The molecular formula is C14H19FN2O2. The SMILES string of the molecule is COCc1ccc(CN2C[C@H](F)C[C@H]2C(N)=O)cc1. The van der Waals surface area contributed by atoms with Gasteiger partial charge in [-0.2, -0.15) is 0 Å². The molecule has 2 N–H and O–H groups in total. The van der Waals surface area contributed by atoms with Gasteiger partial charge in [0, 0.05) is 26.6 Å². The molecule has 1 aromatic rings. The van der Waals surface area contributed by atoms with Crippen molar-refractivity contribution in [2.45, 2.75) is 31.8 Å². The van der Waals surface area contributed by atoms with E-state index in [-0.39, 0.29) is 13.0 Å². The van der Waals surface area contributed by atoms with Crippen LogP contribution >= 0.6 is 0 Å². The van der Waals surface area contributed by atoms with E-state index in [1.165, 1.54) is 0 Å². The van der Waals surface area contributed by atoms with Gasteiger partial charge in [0.15, 0.2) is 0 Å². The van der Waals surface area contributed by atoms with Crippen LogP contribution in [0.3, 0.4) is 0 Å². The summed E-state index contributed by atoms with van der Waals surface area (Å²) in [6.07, 6.45) is -0.762. The van der Waals surface area contributed by atoms with Crippen molar-refractivity contribution in [1.82, 2.24) is 4.90 Å². The quantitative estimate of drug-likeness (QED) is 0.872. The first-order chi connectivity index (χ1) is 9.10. The lowest BCUT2D eigenvalue weighted by atomic mass is 10.1. The second-order valence-corrected chi connectivity index (χ2v) is 4.93. The van der Waals surface area contributed by atoms with Crippen LogP contribution in [0.15, 0.2) is 24.3 Å². The van der Waals surface area contributed by atoms with Crippen LogP contribution in [0.1, 0.15) is 17.5 Å². The molecule has 0 aliphatic carbocycles. The third-order valence-electron chi connectivity index (χ3n) is 3.40. The zero-order valence-electron chi connectivity index (χ0n) is 11.0. The molecule has 0 radical (unpaired) electrons. The molecular weight excluding hydrogens is 247 g/mol. The van der Waals surface area contributed by atoms with E-state index in [9.17, 15) is 9.18 Å². The van der Waals surface area contributed by atoms with E-state index >= 15 is 0 Å². The highest BCUT2D eigenvalue weighted by Gasteiger charge is 2.35. The van der Waals surface area contributed by atoms with E-state index < -0.39 is 18.1 Å². The molecule has 0 unspecified atom stereocenters. The molecule has 0 spiro atoms. The Labute approximate surface area is 112 Å². The number of ether oxygens (including phenoxy) is 1. The van der Waals surface area contributed by atoms with Crippen molar-refractivity contribution in [3.05, 3.63) is 35.4 Å². The van der Waals surface area contributed by atoms with Crippen LogP contribution < -0.4 is 5.73 Å². The number of likely N-dealkylation sites (tertiary alicyclic amines) is 1. The molecule has 1 heterocycles. The molecule has 1 aromatic carbocycles. The van der Waals surface area contributed by atoms with E-state index in [1.54, 1.807) is 12.0 Å². The maximum atomic E-state index is 13.4. The number of carbonyl (C=O) groups excluding carboxylic acids is 1. The Hall–Kier alpha value is -1.46. The number of amides is 1. The van der Waals surface area contributed by atoms with Gasteiger partial charge in [-0.3, -0.25) is 9.69 Å². The number of benzene rings is 1. The number of carbonyl (C=O) groups is 1. The zero-order valence-corrected chi connectivity index (χ0v) is 11.0. The van der Waals surface area contributed by atoms with Gasteiger partial charge in [-0.1, -0.05) is 24.3 Å². The fraction of sp³-hybridized carbons (Fsp3) is 0.500. The van der Waals surface area contributed by atoms with Crippen LogP contribution in [-0.2, 0) is 22.7 Å². The van der Waals surface area contributed by atoms with E-state index in [0.29, 0.717) is 13.2 Å². The lowest BCUT2D eigenvalue weighted by Gasteiger charge is -2.21. The highest BCUT2D eigenvalue weighted by Crippen LogP contribution is 2.22. The van der Waals surface area contributed by atoms with Crippen molar-refractivity contribution in [2.75, 3.05) is 13.7 Å². The third-order valence-corrected chi connectivity index (χ3v) is 3.40. The van der Waals surface area contributed by atoms with Gasteiger partial charge in [-0.25, -0.2) is 4.39 Å². The molecule has 1 aliphatic rings. The summed E-state index contributed by atoms with van der Waals surface area (Å²) >= 11 is 0. The summed E-state index contributed by atoms with van der Waals surface area (Å²) in [6, 6.07) is 7.40. The minimum Gasteiger partial charge on any atom is -0.380 e. The molecule has 1 fully saturated rings. The standard InChI is InChI=1S/C14H19FN2O2/c1-19-9-11-4-2-10(3-5-11)7-17-8-12(15)6-13(17)14(16)18/h2-5,12-13H,6-9H2,1H3,(H2,16,18)/t12-,13+/m1/s1. The number of nitrogens with two attached hydrogens (primary N) is 1. The highest BCUT2D eigenvalue weighted by atomic mass is 19.1. The molecule has 1 amide bonds. The molecule has 1 saturated heterocycles. The van der Waals surface area contributed by atoms with Crippen molar-refractivity contribution in [3.63, 3.8) is 0 Å². The van der Waals surface area contributed by atoms with Crippen LogP contribution in [0.2, 0.25) is 0 Å². The van der Waals surface area contributed by atoms with Crippen molar-refractivity contribution < 1.29 is 13.9 Å². The maximum Gasteiger partial charge on any atom is 0.234 e. The molecule has 0 aromatic heterocycles. The molecule has 0 bridgehead atoms. The first-order valence-corrected chi connectivity index (χ1v) is 6.34. The molecule has 104 valence electrons. The summed E-state index contributed by atoms with van der Waals surface area (Å²) in [6.45, 7) is 1.38. The Kier molecular flexibility index (Phi) is 4.50. The average molecular weight is 266 g/mol. The number of primary amides is 1. The van der Waals surface area contributed by atoms with Crippen molar-refractivity contribution >= 4 is 5.91 Å². The summed E-state index contributed by atoms with van der Waals surface area (Å²) in [5.74, 6) is -0.448. The molecule has 0 saturated carbocycles. The number of hydrogen-bond donors (Lipinski definition) is 1. The average Bonchev–Trinajstić information content (AvgIpc) is 2.73. The molecule has 19 heavy (non-hydrogen) atoms.